The number of nitrogens with zero attached hydrogens (tertiary/aromatic N) is 2. The monoisotopic (exact) mass is 403 g/mol. The number of nitrogens with one attached hydrogen (secondary N) is 1. The number of aromatic nitrogens is 2. The molecule has 0 radical (unpaired) electrons. The van der Waals surface area contributed by atoms with Crippen molar-refractivity contribution >= 4 is 34.1 Å². The van der Waals surface area contributed by atoms with Crippen LogP contribution in [0.1, 0.15) is 24.3 Å². The summed E-state index contributed by atoms with van der Waals surface area (Å²) in [6.07, 6.45) is 0. The summed E-state index contributed by atoms with van der Waals surface area (Å²) in [5.41, 5.74) is 0.0764. The molecule has 0 spiro atoms. The normalized spacial score (nSPS) is 11.4. The number of para-hydroxylation sites is 1. The summed E-state index contributed by atoms with van der Waals surface area (Å²) in [5.74, 6) is -3.01. The maximum Gasteiger partial charge on any atom is 0.288 e. The summed E-state index contributed by atoms with van der Waals surface area (Å²) < 4.78 is 26.9. The molecule has 3 aromatic rings. The van der Waals surface area contributed by atoms with E-state index < -0.39 is 11.7 Å². The predicted octanol–water partition coefficient (Wildman–Crippen LogP) is 4.62. The molecule has 0 unspecified atom stereocenters. The molecule has 0 fully saturated rings. The van der Waals surface area contributed by atoms with Crippen LogP contribution in [0.5, 0.6) is 0 Å². The molecule has 2 aromatic carbocycles. The van der Waals surface area contributed by atoms with Gasteiger partial charge in [-0.3, -0.25) is 9.59 Å². The summed E-state index contributed by atoms with van der Waals surface area (Å²) in [5, 5.41) is 7.73. The smallest absolute Gasteiger partial charge is 0.288 e. The SMILES string of the molecule is CC(C)Cn1nc(C(=O)Nc2ccccc2SC(F)F)c2ccccc2c1=O. The van der Waals surface area contributed by atoms with Crippen molar-refractivity contribution in [3.8, 4) is 0 Å². The maximum atomic E-state index is 12.9. The molecule has 0 aliphatic heterocycles. The minimum absolute atomic E-state index is 0.0766. The number of hydrogen-bond donors (Lipinski definition) is 1. The molecule has 0 saturated heterocycles. The first kappa shape index (κ1) is 20.0. The number of fused-ring (bicyclic) bond motifs is 1. The third-order valence-corrected chi connectivity index (χ3v) is 4.76. The maximum absolute atomic E-state index is 12.9. The van der Waals surface area contributed by atoms with E-state index in [1.807, 2.05) is 13.8 Å². The van der Waals surface area contributed by atoms with Gasteiger partial charge in [-0.25, -0.2) is 4.68 Å². The number of anilines is 1. The first-order chi connectivity index (χ1) is 13.4. The van der Waals surface area contributed by atoms with Gasteiger partial charge in [0, 0.05) is 16.8 Å². The zero-order chi connectivity index (χ0) is 20.3. The van der Waals surface area contributed by atoms with E-state index in [2.05, 4.69) is 10.4 Å². The lowest BCUT2D eigenvalue weighted by Gasteiger charge is -2.14. The minimum Gasteiger partial charge on any atom is -0.320 e. The topological polar surface area (TPSA) is 64.0 Å². The van der Waals surface area contributed by atoms with E-state index in [1.165, 1.54) is 10.7 Å². The number of carbonyl (C=O) groups excluding carboxylic acids is 1. The summed E-state index contributed by atoms with van der Waals surface area (Å²) in [6, 6.07) is 13.1. The molecular formula is C20H19F2N3O2S. The lowest BCUT2D eigenvalue weighted by molar-refractivity contribution is 0.102. The van der Waals surface area contributed by atoms with Gasteiger partial charge < -0.3 is 5.32 Å². The largest absolute Gasteiger partial charge is 0.320 e. The number of halogens is 2. The van der Waals surface area contributed by atoms with Crippen molar-refractivity contribution in [2.45, 2.75) is 31.0 Å². The van der Waals surface area contributed by atoms with Gasteiger partial charge >= 0.3 is 0 Å². The van der Waals surface area contributed by atoms with Gasteiger partial charge in [-0.2, -0.15) is 13.9 Å². The van der Waals surface area contributed by atoms with Crippen molar-refractivity contribution < 1.29 is 13.6 Å². The van der Waals surface area contributed by atoms with E-state index in [9.17, 15) is 18.4 Å². The number of benzene rings is 2. The summed E-state index contributed by atoms with van der Waals surface area (Å²) in [7, 11) is 0. The van der Waals surface area contributed by atoms with Crippen LogP contribution < -0.4 is 10.9 Å². The van der Waals surface area contributed by atoms with Gasteiger partial charge in [0.1, 0.15) is 0 Å². The fourth-order valence-corrected chi connectivity index (χ4v) is 3.42. The van der Waals surface area contributed by atoms with Crippen LogP contribution in [0.2, 0.25) is 0 Å². The number of rotatable bonds is 6. The van der Waals surface area contributed by atoms with Crippen LogP contribution in [-0.2, 0) is 6.54 Å². The molecule has 1 N–H and O–H groups in total. The van der Waals surface area contributed by atoms with Crippen molar-refractivity contribution in [1.29, 1.82) is 0 Å². The van der Waals surface area contributed by atoms with E-state index in [1.54, 1.807) is 42.5 Å². The van der Waals surface area contributed by atoms with E-state index in [0.29, 0.717) is 29.1 Å². The van der Waals surface area contributed by atoms with Crippen molar-refractivity contribution in [1.82, 2.24) is 9.78 Å². The van der Waals surface area contributed by atoms with Crippen LogP contribution in [-0.4, -0.2) is 21.4 Å². The summed E-state index contributed by atoms with van der Waals surface area (Å²) in [6.45, 7) is 4.25. The molecule has 0 atom stereocenters. The van der Waals surface area contributed by atoms with Crippen LogP contribution in [0, 0.1) is 5.92 Å². The van der Waals surface area contributed by atoms with Crippen molar-refractivity contribution in [3.63, 3.8) is 0 Å². The quantitative estimate of drug-likeness (QED) is 0.610. The Balaban J connectivity index is 2.05. The minimum atomic E-state index is -2.61. The Morgan fingerprint density at radius 3 is 2.43 bits per heavy atom. The molecule has 1 aromatic heterocycles. The number of thioether (sulfide) groups is 1. The molecular weight excluding hydrogens is 384 g/mol. The van der Waals surface area contributed by atoms with Crippen LogP contribution >= 0.6 is 11.8 Å². The zero-order valence-electron chi connectivity index (χ0n) is 15.4. The molecule has 1 amide bonds. The third kappa shape index (κ3) is 4.39. The Kier molecular flexibility index (Phi) is 6.08. The Hall–Kier alpha value is -2.74. The highest BCUT2D eigenvalue weighted by Crippen LogP contribution is 2.32. The number of amides is 1. The standard InChI is InChI=1S/C20H19F2N3O2S/c1-12(2)11-25-19(27)14-8-4-3-7-13(14)17(24-25)18(26)23-15-9-5-6-10-16(15)28-20(21)22/h3-10,12,20H,11H2,1-2H3,(H,23,26). The van der Waals surface area contributed by atoms with Gasteiger partial charge in [0.05, 0.1) is 11.1 Å². The van der Waals surface area contributed by atoms with E-state index in [0.717, 1.165) is 0 Å². The Labute approximate surface area is 164 Å². The van der Waals surface area contributed by atoms with Crippen LogP contribution in [0.15, 0.2) is 58.2 Å². The number of alkyl halides is 2. The van der Waals surface area contributed by atoms with Crippen LogP contribution in [0.3, 0.4) is 0 Å². The molecule has 8 heteroatoms. The highest BCUT2D eigenvalue weighted by molar-refractivity contribution is 7.99. The predicted molar refractivity (Wildman–Crippen MR) is 107 cm³/mol. The van der Waals surface area contributed by atoms with Gasteiger partial charge in [-0.1, -0.05) is 55.9 Å². The van der Waals surface area contributed by atoms with Crippen molar-refractivity contribution in [2.24, 2.45) is 5.92 Å². The first-order valence-corrected chi connectivity index (χ1v) is 9.60. The Morgan fingerprint density at radius 2 is 1.75 bits per heavy atom. The number of hydrogen-bond acceptors (Lipinski definition) is 4. The molecule has 146 valence electrons. The summed E-state index contributed by atoms with van der Waals surface area (Å²) in [4.78, 5) is 25.8. The average Bonchev–Trinajstić information content (AvgIpc) is 2.65. The van der Waals surface area contributed by atoms with Crippen LogP contribution in [0.4, 0.5) is 14.5 Å². The third-order valence-electron chi connectivity index (χ3n) is 3.97. The van der Waals surface area contributed by atoms with Crippen molar-refractivity contribution in [2.75, 3.05) is 5.32 Å². The lowest BCUT2D eigenvalue weighted by atomic mass is 10.1. The number of carbonyl (C=O) groups is 1. The second-order valence-corrected chi connectivity index (χ2v) is 7.64. The molecule has 0 saturated carbocycles. The lowest BCUT2D eigenvalue weighted by Crippen LogP contribution is -2.29. The van der Waals surface area contributed by atoms with Gasteiger partial charge in [-0.15, -0.1) is 0 Å². The fraction of sp³-hybridized carbons (Fsp3) is 0.250. The van der Waals surface area contributed by atoms with E-state index >= 15 is 0 Å². The zero-order valence-corrected chi connectivity index (χ0v) is 16.2. The second kappa shape index (κ2) is 8.52. The highest BCUT2D eigenvalue weighted by atomic mass is 32.2. The molecule has 0 aliphatic carbocycles. The fourth-order valence-electron chi connectivity index (χ4n) is 2.82. The van der Waals surface area contributed by atoms with E-state index in [-0.39, 0.29) is 27.8 Å². The van der Waals surface area contributed by atoms with E-state index in [4.69, 9.17) is 0 Å². The van der Waals surface area contributed by atoms with Gasteiger partial charge in [0.2, 0.25) is 0 Å². The highest BCUT2D eigenvalue weighted by Gasteiger charge is 2.19. The Morgan fingerprint density at radius 1 is 1.11 bits per heavy atom. The molecule has 0 bridgehead atoms. The molecule has 28 heavy (non-hydrogen) atoms. The van der Waals surface area contributed by atoms with Crippen LogP contribution in [0.25, 0.3) is 10.8 Å². The summed E-state index contributed by atoms with van der Waals surface area (Å²) >= 11 is 0.356. The van der Waals surface area contributed by atoms with Gasteiger partial charge in [-0.05, 0) is 24.1 Å². The molecule has 1 heterocycles. The second-order valence-electron chi connectivity index (χ2n) is 6.60. The molecule has 3 rings (SSSR count). The first-order valence-electron chi connectivity index (χ1n) is 8.72. The van der Waals surface area contributed by atoms with Crippen molar-refractivity contribution in [3.05, 3.63) is 64.6 Å². The average molecular weight is 403 g/mol. The Bertz CT molecular complexity index is 1070. The van der Waals surface area contributed by atoms with Gasteiger partial charge in [0.15, 0.2) is 5.69 Å². The molecule has 5 nitrogen and oxygen atoms in total. The van der Waals surface area contributed by atoms with Gasteiger partial charge in [0.25, 0.3) is 17.2 Å². The molecule has 0 aliphatic rings.